The van der Waals surface area contributed by atoms with Crippen LogP contribution < -0.4 is 5.73 Å². The third-order valence-electron chi connectivity index (χ3n) is 2.25. The van der Waals surface area contributed by atoms with E-state index in [2.05, 4.69) is 4.74 Å². The molecule has 0 aliphatic rings. The molecule has 2 N–H and O–H groups in total. The fraction of sp³-hybridized carbons (Fsp3) is 0.364. The average Bonchev–Trinajstić information content (AvgIpc) is 2.32. The van der Waals surface area contributed by atoms with Gasteiger partial charge in [-0.05, 0) is 13.0 Å². The Bertz CT molecular complexity index is 454. The molecule has 0 aliphatic carbocycles. The third-order valence-corrected chi connectivity index (χ3v) is 2.55. The summed E-state index contributed by atoms with van der Waals surface area (Å²) in [5, 5.41) is -0.345. The van der Waals surface area contributed by atoms with Crippen LogP contribution in [0.3, 0.4) is 0 Å². The standard InChI is InChI=1S/C11H11ClF3NO2/c1-2-18-10(17)11(14,15)9(16)6-4-3-5-7(12)8(6)13/h3-5,9H,2,16H2,1H3/t9-/m0/s1. The van der Waals surface area contributed by atoms with Gasteiger partial charge in [-0.3, -0.25) is 0 Å². The highest BCUT2D eigenvalue weighted by atomic mass is 35.5. The van der Waals surface area contributed by atoms with Crippen molar-refractivity contribution in [2.75, 3.05) is 6.61 Å². The molecule has 0 unspecified atom stereocenters. The number of rotatable bonds is 4. The molecule has 0 spiro atoms. The second-order valence-corrected chi connectivity index (χ2v) is 3.87. The summed E-state index contributed by atoms with van der Waals surface area (Å²) in [6, 6.07) is 1.34. The van der Waals surface area contributed by atoms with Crippen LogP contribution in [0.25, 0.3) is 0 Å². The molecule has 0 aromatic heterocycles. The molecule has 0 radical (unpaired) electrons. The molecule has 0 saturated carbocycles. The lowest BCUT2D eigenvalue weighted by Crippen LogP contribution is -2.42. The maximum Gasteiger partial charge on any atom is 0.379 e. The number of ether oxygens (including phenoxy) is 1. The van der Waals surface area contributed by atoms with Crippen LogP contribution >= 0.6 is 11.6 Å². The molecule has 0 fully saturated rings. The van der Waals surface area contributed by atoms with Gasteiger partial charge in [0.1, 0.15) is 11.9 Å². The van der Waals surface area contributed by atoms with Crippen LogP contribution in [-0.2, 0) is 9.53 Å². The summed E-state index contributed by atoms with van der Waals surface area (Å²) in [5.74, 6) is -6.89. The van der Waals surface area contributed by atoms with E-state index in [1.165, 1.54) is 19.1 Å². The lowest BCUT2D eigenvalue weighted by Gasteiger charge is -2.22. The van der Waals surface area contributed by atoms with Gasteiger partial charge in [0.25, 0.3) is 0 Å². The van der Waals surface area contributed by atoms with Gasteiger partial charge in [-0.15, -0.1) is 0 Å². The van der Waals surface area contributed by atoms with Gasteiger partial charge in [0.2, 0.25) is 0 Å². The van der Waals surface area contributed by atoms with Gasteiger partial charge < -0.3 is 10.5 Å². The molecule has 1 aromatic carbocycles. The van der Waals surface area contributed by atoms with Gasteiger partial charge in [0.05, 0.1) is 11.6 Å². The van der Waals surface area contributed by atoms with Crippen LogP contribution in [0.4, 0.5) is 13.2 Å². The van der Waals surface area contributed by atoms with E-state index < -0.39 is 29.3 Å². The smallest absolute Gasteiger partial charge is 0.379 e. The summed E-state index contributed by atoms with van der Waals surface area (Å²) >= 11 is 5.46. The van der Waals surface area contributed by atoms with Gasteiger partial charge in [0, 0.05) is 5.56 Å². The van der Waals surface area contributed by atoms with Crippen molar-refractivity contribution in [3.63, 3.8) is 0 Å². The highest BCUT2D eigenvalue weighted by molar-refractivity contribution is 6.30. The maximum atomic E-state index is 13.6. The van der Waals surface area contributed by atoms with Gasteiger partial charge in [-0.2, -0.15) is 8.78 Å². The molecular formula is C11H11ClF3NO2. The first kappa shape index (κ1) is 14.8. The SMILES string of the molecule is CCOC(=O)C(F)(F)[C@@H](N)c1cccc(Cl)c1F. The van der Waals surface area contributed by atoms with Crippen LogP contribution in [0, 0.1) is 5.82 Å². The number of hydrogen-bond acceptors (Lipinski definition) is 3. The second kappa shape index (κ2) is 5.58. The molecule has 0 bridgehead atoms. The fourth-order valence-electron chi connectivity index (χ4n) is 1.31. The number of esters is 1. The number of benzene rings is 1. The number of nitrogens with two attached hydrogens (primary N) is 1. The zero-order chi connectivity index (χ0) is 13.9. The normalized spacial score (nSPS) is 13.2. The monoisotopic (exact) mass is 281 g/mol. The summed E-state index contributed by atoms with van der Waals surface area (Å²) < 4.78 is 44.9. The molecule has 1 atom stereocenters. The molecular weight excluding hydrogens is 271 g/mol. The number of halogens is 4. The molecule has 0 aliphatic heterocycles. The Labute approximate surface area is 107 Å². The minimum Gasteiger partial charge on any atom is -0.462 e. The summed E-state index contributed by atoms with van der Waals surface area (Å²) in [5.41, 5.74) is 4.68. The molecule has 18 heavy (non-hydrogen) atoms. The minimum absolute atomic E-state index is 0.223. The summed E-state index contributed by atoms with van der Waals surface area (Å²) in [6.07, 6.45) is 0. The van der Waals surface area contributed by atoms with Gasteiger partial charge >= 0.3 is 11.9 Å². The quantitative estimate of drug-likeness (QED) is 0.863. The lowest BCUT2D eigenvalue weighted by atomic mass is 10.0. The molecule has 100 valence electrons. The van der Waals surface area contributed by atoms with Gasteiger partial charge in [-0.25, -0.2) is 9.18 Å². The first-order valence-corrected chi connectivity index (χ1v) is 5.44. The van der Waals surface area contributed by atoms with E-state index in [1.54, 1.807) is 0 Å². The largest absolute Gasteiger partial charge is 0.462 e. The van der Waals surface area contributed by atoms with E-state index in [1.807, 2.05) is 0 Å². The third kappa shape index (κ3) is 2.76. The van der Waals surface area contributed by atoms with E-state index in [-0.39, 0.29) is 11.6 Å². The van der Waals surface area contributed by atoms with Crippen LogP contribution in [0.1, 0.15) is 18.5 Å². The van der Waals surface area contributed by atoms with Crippen molar-refractivity contribution >= 4 is 17.6 Å². The Balaban J connectivity index is 3.09. The maximum absolute atomic E-state index is 13.6. The molecule has 1 rings (SSSR count). The predicted molar refractivity (Wildman–Crippen MR) is 59.9 cm³/mol. The Morgan fingerprint density at radius 2 is 2.17 bits per heavy atom. The highest BCUT2D eigenvalue weighted by Crippen LogP contribution is 2.33. The molecule has 7 heteroatoms. The second-order valence-electron chi connectivity index (χ2n) is 3.46. The topological polar surface area (TPSA) is 52.3 Å². The summed E-state index contributed by atoms with van der Waals surface area (Å²) in [7, 11) is 0. The first-order valence-electron chi connectivity index (χ1n) is 5.06. The van der Waals surface area contributed by atoms with Crippen molar-refractivity contribution in [1.82, 2.24) is 0 Å². The molecule has 0 heterocycles. The van der Waals surface area contributed by atoms with Crippen molar-refractivity contribution < 1.29 is 22.7 Å². The van der Waals surface area contributed by atoms with Crippen LogP contribution in [0.15, 0.2) is 18.2 Å². The van der Waals surface area contributed by atoms with Gasteiger partial charge in [0.15, 0.2) is 0 Å². The minimum atomic E-state index is -4.03. The number of carbonyl (C=O) groups is 1. The Morgan fingerprint density at radius 1 is 1.56 bits per heavy atom. The van der Waals surface area contributed by atoms with Crippen molar-refractivity contribution in [3.8, 4) is 0 Å². The van der Waals surface area contributed by atoms with E-state index in [0.29, 0.717) is 0 Å². The van der Waals surface area contributed by atoms with Crippen LogP contribution in [0.2, 0.25) is 5.02 Å². The highest BCUT2D eigenvalue weighted by Gasteiger charge is 2.48. The van der Waals surface area contributed by atoms with Gasteiger partial charge in [-0.1, -0.05) is 23.7 Å². The van der Waals surface area contributed by atoms with Crippen molar-refractivity contribution in [2.45, 2.75) is 18.9 Å². The Morgan fingerprint density at radius 3 is 2.72 bits per heavy atom. The molecule has 0 amide bonds. The molecule has 3 nitrogen and oxygen atoms in total. The number of alkyl halides is 2. The zero-order valence-corrected chi connectivity index (χ0v) is 10.2. The number of hydrogen-bond donors (Lipinski definition) is 1. The molecule has 0 saturated heterocycles. The Hall–Kier alpha value is -1.27. The van der Waals surface area contributed by atoms with E-state index in [0.717, 1.165) is 6.07 Å². The first-order chi connectivity index (χ1) is 8.32. The predicted octanol–water partition coefficient (Wildman–Crippen LogP) is 2.68. The van der Waals surface area contributed by atoms with Crippen molar-refractivity contribution in [2.24, 2.45) is 5.73 Å². The van der Waals surface area contributed by atoms with Crippen LogP contribution in [-0.4, -0.2) is 18.5 Å². The van der Waals surface area contributed by atoms with Crippen molar-refractivity contribution in [1.29, 1.82) is 0 Å². The summed E-state index contributed by atoms with van der Waals surface area (Å²) in [4.78, 5) is 11.1. The van der Waals surface area contributed by atoms with Crippen molar-refractivity contribution in [3.05, 3.63) is 34.6 Å². The van der Waals surface area contributed by atoms with E-state index >= 15 is 0 Å². The van der Waals surface area contributed by atoms with Crippen LogP contribution in [0.5, 0.6) is 0 Å². The average molecular weight is 282 g/mol. The van der Waals surface area contributed by atoms with E-state index in [9.17, 15) is 18.0 Å². The lowest BCUT2D eigenvalue weighted by molar-refractivity contribution is -0.174. The van der Waals surface area contributed by atoms with E-state index in [4.69, 9.17) is 17.3 Å². The molecule has 1 aromatic rings. The summed E-state index contributed by atoms with van der Waals surface area (Å²) in [6.45, 7) is 1.15. The number of carbonyl (C=O) groups excluding carboxylic acids is 1. The fourth-order valence-corrected chi connectivity index (χ4v) is 1.49. The Kier molecular flexibility index (Phi) is 4.59. The zero-order valence-electron chi connectivity index (χ0n) is 9.42.